The fourth-order valence-corrected chi connectivity index (χ4v) is 8.62. The Bertz CT molecular complexity index is 3540. The van der Waals surface area contributed by atoms with Crippen molar-refractivity contribution in [3.05, 3.63) is 98.3 Å². The number of nitrogens with one attached hydrogen (secondary N) is 2. The molecule has 0 radical (unpaired) electrons. The van der Waals surface area contributed by atoms with Crippen molar-refractivity contribution < 1.29 is 195 Å². The number of carbonyl (C=O) groups excluding carboxylic acids is 2. The summed E-state index contributed by atoms with van der Waals surface area (Å²) in [6.45, 7) is 3.51. The van der Waals surface area contributed by atoms with E-state index < -0.39 is 128 Å². The van der Waals surface area contributed by atoms with Crippen LogP contribution in [0.25, 0.3) is 12.2 Å². The predicted octanol–water partition coefficient (Wildman–Crippen LogP) is -9.15. The molecule has 33 heteroatoms. The second-order valence-electron chi connectivity index (χ2n) is 13.8. The van der Waals surface area contributed by atoms with Crippen molar-refractivity contribution in [3.63, 3.8) is 0 Å². The number of ether oxygens (including phenoxy) is 1. The van der Waals surface area contributed by atoms with Gasteiger partial charge in [0.15, 0.2) is 11.4 Å². The summed E-state index contributed by atoms with van der Waals surface area (Å²) >= 11 is 0. The number of benzene rings is 4. The zero-order valence-electron chi connectivity index (χ0n) is 38.3. The zero-order valence-corrected chi connectivity index (χ0v) is 49.5. The van der Waals surface area contributed by atoms with Crippen LogP contribution in [0.4, 0.5) is 34.1 Å². The van der Waals surface area contributed by atoms with Gasteiger partial charge >= 0.3 is 118 Å². The SMILES string of the molecule is COc1cc(N=Nc2ccc(N/N=C3\C(=O)c4c(cc(S(=O)(=O)[O-])cc4N=C(C)[O-])C=C3S(=O)(=O)O)cc2)c(C)cc1N/N=C1\C(=O)c2c(cc(S(=O)(=O)[O-])cc2N=C(C)[O-])C=C1S(=O)(=O)O.[Na+].[Na+].[Na+].[Na+]. The monoisotopic (exact) mass is 1090 g/mol. The molecule has 0 bridgehead atoms. The first-order valence-electron chi connectivity index (χ1n) is 18.2. The summed E-state index contributed by atoms with van der Waals surface area (Å²) in [6, 6.07) is 11.0. The summed E-state index contributed by atoms with van der Waals surface area (Å²) in [5.74, 6) is -4.24. The molecule has 25 nitrogen and oxygen atoms in total. The van der Waals surface area contributed by atoms with Gasteiger partial charge in [-0.25, -0.2) is 16.8 Å². The maximum atomic E-state index is 13.7. The number of aryl methyl sites for hydroxylation is 1. The first-order chi connectivity index (χ1) is 31.1. The van der Waals surface area contributed by atoms with E-state index in [-0.39, 0.29) is 147 Å². The van der Waals surface area contributed by atoms with Gasteiger partial charge in [0.05, 0.1) is 62.2 Å². The number of azo groups is 1. The number of Topliss-reactive ketones (excluding diaryl/α,β-unsaturated/α-hetero) is 2. The van der Waals surface area contributed by atoms with Gasteiger partial charge in [0.25, 0.3) is 20.2 Å². The molecule has 4 aromatic carbocycles. The van der Waals surface area contributed by atoms with E-state index >= 15 is 0 Å². The van der Waals surface area contributed by atoms with Crippen LogP contribution < -0.4 is 144 Å². The van der Waals surface area contributed by atoms with E-state index in [0.29, 0.717) is 42.0 Å². The Morgan fingerprint density at radius 3 is 1.41 bits per heavy atom. The van der Waals surface area contributed by atoms with E-state index in [0.717, 1.165) is 13.8 Å². The molecule has 0 heterocycles. The normalized spacial score (nSPS) is 15.3. The molecule has 6 rings (SSSR count). The molecule has 0 saturated heterocycles. The van der Waals surface area contributed by atoms with Crippen LogP contribution in [-0.2, 0) is 40.5 Å². The first kappa shape index (κ1) is 63.7. The number of hydrogen-bond acceptors (Lipinski definition) is 23. The number of hydrogen-bond donors (Lipinski definition) is 4. The average molecular weight is 1090 g/mol. The molecule has 0 saturated carbocycles. The van der Waals surface area contributed by atoms with Crippen LogP contribution in [0.3, 0.4) is 0 Å². The maximum absolute atomic E-state index is 13.7. The Labute approximate surface area is 493 Å². The molecule has 0 fully saturated rings. The second-order valence-corrected chi connectivity index (χ2v) is 19.4. The van der Waals surface area contributed by atoms with Crippen LogP contribution >= 0.6 is 0 Å². The van der Waals surface area contributed by atoms with Gasteiger partial charge in [-0.15, -0.1) is 0 Å². The Hall–Kier alpha value is -3.38. The van der Waals surface area contributed by atoms with E-state index in [2.05, 4.69) is 41.3 Å². The van der Waals surface area contributed by atoms with Crippen LogP contribution in [0, 0.1) is 6.92 Å². The molecular formula is C38H28N8Na4O17S4. The van der Waals surface area contributed by atoms with Gasteiger partial charge in [0, 0.05) is 6.07 Å². The topological polar surface area (TPSA) is 411 Å². The van der Waals surface area contributed by atoms with E-state index in [1.807, 2.05) is 0 Å². The van der Waals surface area contributed by atoms with Gasteiger partial charge in [-0.2, -0.15) is 37.3 Å². The first-order valence-corrected chi connectivity index (χ1v) is 23.9. The largest absolute Gasteiger partial charge is 1.00 e. The van der Waals surface area contributed by atoms with Crippen molar-refractivity contribution in [2.24, 2.45) is 30.4 Å². The Morgan fingerprint density at radius 1 is 0.606 bits per heavy atom. The molecule has 4 aromatic rings. The number of allylic oxidation sites excluding steroid dienone is 2. The van der Waals surface area contributed by atoms with E-state index in [4.69, 9.17) is 4.74 Å². The minimum atomic E-state index is -5.25. The van der Waals surface area contributed by atoms with Crippen molar-refractivity contribution in [1.29, 1.82) is 0 Å². The molecule has 0 atom stereocenters. The summed E-state index contributed by atoms with van der Waals surface area (Å²) < 4.78 is 146. The van der Waals surface area contributed by atoms with Crippen LogP contribution in [0.15, 0.2) is 111 Å². The standard InChI is InChI=1S/C38H32N8O17S4.4Na/c1-17-9-27(44-46-36-32(67(60,61)62)13-21-11-25(65(54,55)56)15-29(40-19(3)48)34(21)38(36)50)30(63-4)16-26(17)43-41-22-5-7-23(8-6-22)42-45-35-31(66(57,58)59)12-20-10-24(64(51,52)53)14-28(39-18(2)47)33(20)37(35)49;;;;/h5-16,42,44H,1-4H3,(H,39,47)(H,40,48)(H,51,52,53)(H,54,55,56)(H,57,58,59)(H,60,61,62);;;;/q;4*+1/p-4/b43-41?,45-35-,46-36-;;;;. The van der Waals surface area contributed by atoms with E-state index in [1.165, 1.54) is 43.5 Å². The van der Waals surface area contributed by atoms with Gasteiger partial charge < -0.3 is 24.1 Å². The summed E-state index contributed by atoms with van der Waals surface area (Å²) in [4.78, 5) is 30.5. The molecule has 0 amide bonds. The summed E-state index contributed by atoms with van der Waals surface area (Å²) in [5.41, 5.74) is 1.05. The number of fused-ring (bicyclic) bond motifs is 2. The van der Waals surface area contributed by atoms with Gasteiger partial charge in [-0.05, 0) is 116 Å². The number of rotatable bonds is 13. The van der Waals surface area contributed by atoms with Gasteiger partial charge in [0.2, 0.25) is 11.6 Å². The summed E-state index contributed by atoms with van der Waals surface area (Å²) in [5, 5.41) is 39.8. The number of carbonyl (C=O) groups is 2. The smallest absolute Gasteiger partial charge is 0.862 e. The minimum absolute atomic E-state index is 0. The zero-order chi connectivity index (χ0) is 49.6. The van der Waals surface area contributed by atoms with Crippen LogP contribution in [0.2, 0.25) is 0 Å². The maximum Gasteiger partial charge on any atom is 1.00 e. The molecule has 0 spiro atoms. The Morgan fingerprint density at radius 2 is 1.03 bits per heavy atom. The molecule has 0 aliphatic heterocycles. The second kappa shape index (κ2) is 24.8. The van der Waals surface area contributed by atoms with Crippen molar-refractivity contribution in [2.75, 3.05) is 18.0 Å². The average Bonchev–Trinajstić information content (AvgIpc) is 3.20. The predicted molar refractivity (Wildman–Crippen MR) is 233 cm³/mol. The van der Waals surface area contributed by atoms with Crippen LogP contribution in [0.5, 0.6) is 5.75 Å². The number of nitrogens with zero attached hydrogens (tertiary/aromatic N) is 6. The third kappa shape index (κ3) is 15.1. The molecule has 2 aliphatic rings. The third-order valence-electron chi connectivity index (χ3n) is 9.10. The van der Waals surface area contributed by atoms with Crippen molar-refractivity contribution >= 4 is 122 Å². The summed E-state index contributed by atoms with van der Waals surface area (Å²) in [6.07, 6.45) is 1.36. The number of ketones is 2. The van der Waals surface area contributed by atoms with Gasteiger partial charge in [-0.3, -0.25) is 39.5 Å². The molecular weight excluding hydrogens is 1060 g/mol. The minimum Gasteiger partial charge on any atom is -0.862 e. The molecule has 2 aliphatic carbocycles. The fourth-order valence-electron chi connectivity index (χ4n) is 6.25. The molecule has 350 valence electrons. The quantitative estimate of drug-likeness (QED) is 0.0241. The number of aliphatic imine (C=N–C) groups is 2. The Kier molecular flexibility index (Phi) is 22.2. The fraction of sp³-hybridized carbons (Fsp3) is 0.105. The van der Waals surface area contributed by atoms with Gasteiger partial charge in [-0.1, -0.05) is 0 Å². The van der Waals surface area contributed by atoms with Crippen molar-refractivity contribution in [2.45, 2.75) is 30.6 Å². The van der Waals surface area contributed by atoms with E-state index in [1.54, 1.807) is 6.92 Å². The summed E-state index contributed by atoms with van der Waals surface area (Å²) in [7, 11) is -19.6. The van der Waals surface area contributed by atoms with Crippen LogP contribution in [0.1, 0.15) is 51.3 Å². The molecule has 0 aromatic heterocycles. The number of methoxy groups -OCH3 is 1. The molecule has 0 unspecified atom stereocenters. The third-order valence-corrected chi connectivity index (χ3v) is 12.5. The molecule has 4 N–H and O–H groups in total. The van der Waals surface area contributed by atoms with Crippen molar-refractivity contribution in [3.8, 4) is 5.75 Å². The number of hydrazone groups is 2. The van der Waals surface area contributed by atoms with E-state index in [9.17, 15) is 71.7 Å². The van der Waals surface area contributed by atoms with Crippen molar-refractivity contribution in [1.82, 2.24) is 0 Å². The Balaban J connectivity index is 0.00000432. The van der Waals surface area contributed by atoms with Crippen LogP contribution in [-0.4, -0.2) is 93.8 Å². The van der Waals surface area contributed by atoms with Gasteiger partial charge in [0.1, 0.15) is 35.8 Å². The number of anilines is 2. The molecule has 71 heavy (non-hydrogen) atoms.